The lowest BCUT2D eigenvalue weighted by Gasteiger charge is -2.30. The van der Waals surface area contributed by atoms with Crippen LogP contribution in [0.3, 0.4) is 0 Å². The summed E-state index contributed by atoms with van der Waals surface area (Å²) in [5.41, 5.74) is 1.27. The van der Waals surface area contributed by atoms with E-state index in [1.54, 1.807) is 17.5 Å². The van der Waals surface area contributed by atoms with Gasteiger partial charge in [0.15, 0.2) is 11.5 Å². The Morgan fingerprint density at radius 2 is 1.89 bits per heavy atom. The molecule has 0 N–H and O–H groups in total. The van der Waals surface area contributed by atoms with Crippen LogP contribution in [0, 0.1) is 0 Å². The topological polar surface area (TPSA) is 51.7 Å². The normalized spacial score (nSPS) is 15.2. The molecule has 2 aromatic carbocycles. The highest BCUT2D eigenvalue weighted by molar-refractivity contribution is 7.09. The third-order valence-electron chi connectivity index (χ3n) is 4.64. The molecule has 0 unspecified atom stereocenters. The lowest BCUT2D eigenvalue weighted by Crippen LogP contribution is -2.46. The van der Waals surface area contributed by atoms with Crippen molar-refractivity contribution in [2.24, 2.45) is 0 Å². The number of hydrogen-bond donors (Lipinski definition) is 0. The molecule has 1 aromatic heterocycles. The SMILES string of the molecule is O=C([C@@H]1COc2ccccc2O1)N(CCCc1ccccc1)Cc1nccs1. The Hall–Kier alpha value is -2.86. The van der Waals surface area contributed by atoms with Crippen molar-refractivity contribution in [3.05, 3.63) is 76.7 Å². The number of nitrogens with zero attached hydrogens (tertiary/aromatic N) is 2. The van der Waals surface area contributed by atoms with Crippen molar-refractivity contribution in [1.82, 2.24) is 9.88 Å². The van der Waals surface area contributed by atoms with Crippen LogP contribution in [0.4, 0.5) is 0 Å². The summed E-state index contributed by atoms with van der Waals surface area (Å²) in [7, 11) is 0. The first-order chi connectivity index (χ1) is 13.8. The minimum absolute atomic E-state index is 0.0576. The lowest BCUT2D eigenvalue weighted by atomic mass is 10.1. The zero-order valence-electron chi connectivity index (χ0n) is 15.5. The number of carbonyl (C=O) groups is 1. The fraction of sp³-hybridized carbons (Fsp3) is 0.273. The van der Waals surface area contributed by atoms with Crippen LogP contribution in [0.25, 0.3) is 0 Å². The van der Waals surface area contributed by atoms with E-state index in [9.17, 15) is 4.79 Å². The van der Waals surface area contributed by atoms with E-state index in [4.69, 9.17) is 9.47 Å². The van der Waals surface area contributed by atoms with Gasteiger partial charge in [0.1, 0.15) is 11.6 Å². The second-order valence-electron chi connectivity index (χ2n) is 6.64. The Bertz CT molecular complexity index is 899. The Kier molecular flexibility index (Phi) is 5.87. The molecule has 0 saturated carbocycles. The molecule has 5 nitrogen and oxygen atoms in total. The molecule has 0 spiro atoms. The van der Waals surface area contributed by atoms with E-state index < -0.39 is 6.10 Å². The summed E-state index contributed by atoms with van der Waals surface area (Å²) < 4.78 is 11.7. The van der Waals surface area contributed by atoms with Gasteiger partial charge in [-0.1, -0.05) is 42.5 Å². The molecule has 0 aliphatic carbocycles. The highest BCUT2D eigenvalue weighted by atomic mass is 32.1. The van der Waals surface area contributed by atoms with Crippen LogP contribution in [0.2, 0.25) is 0 Å². The molecule has 2 heterocycles. The number of ether oxygens (including phenoxy) is 2. The number of benzene rings is 2. The molecular weight excluding hydrogens is 372 g/mol. The number of thiazole rings is 1. The Balaban J connectivity index is 1.42. The van der Waals surface area contributed by atoms with Gasteiger partial charge in [-0.25, -0.2) is 4.98 Å². The smallest absolute Gasteiger partial charge is 0.267 e. The second-order valence-corrected chi connectivity index (χ2v) is 7.62. The summed E-state index contributed by atoms with van der Waals surface area (Å²) in [5.74, 6) is 1.24. The number of rotatable bonds is 7. The van der Waals surface area contributed by atoms with Crippen LogP contribution in [-0.2, 0) is 17.8 Å². The molecule has 4 rings (SSSR count). The quantitative estimate of drug-likeness (QED) is 0.609. The average Bonchev–Trinajstić information content (AvgIpc) is 3.26. The molecule has 0 bridgehead atoms. The maximum absolute atomic E-state index is 13.2. The van der Waals surface area contributed by atoms with Gasteiger partial charge in [-0.05, 0) is 30.5 Å². The fourth-order valence-corrected chi connectivity index (χ4v) is 3.86. The third-order valence-corrected chi connectivity index (χ3v) is 5.41. The van der Waals surface area contributed by atoms with Gasteiger partial charge >= 0.3 is 0 Å². The van der Waals surface area contributed by atoms with Crippen LogP contribution < -0.4 is 9.47 Å². The van der Waals surface area contributed by atoms with Gasteiger partial charge in [0.05, 0.1) is 6.54 Å². The van der Waals surface area contributed by atoms with Gasteiger partial charge < -0.3 is 14.4 Å². The van der Waals surface area contributed by atoms with Crippen molar-refractivity contribution >= 4 is 17.2 Å². The second kappa shape index (κ2) is 8.89. The largest absolute Gasteiger partial charge is 0.485 e. The summed E-state index contributed by atoms with van der Waals surface area (Å²) in [6.45, 7) is 1.37. The van der Waals surface area contributed by atoms with Crippen molar-refractivity contribution in [2.45, 2.75) is 25.5 Å². The fourth-order valence-electron chi connectivity index (χ4n) is 3.23. The molecule has 1 aliphatic rings. The molecule has 1 amide bonds. The predicted molar refractivity (Wildman–Crippen MR) is 109 cm³/mol. The van der Waals surface area contributed by atoms with E-state index in [1.807, 2.05) is 52.7 Å². The number of hydrogen-bond acceptors (Lipinski definition) is 5. The van der Waals surface area contributed by atoms with Crippen LogP contribution in [0.5, 0.6) is 11.5 Å². The minimum Gasteiger partial charge on any atom is -0.485 e. The Morgan fingerprint density at radius 3 is 2.68 bits per heavy atom. The number of fused-ring (bicyclic) bond motifs is 1. The predicted octanol–water partition coefficient (Wildman–Crippen LogP) is 3.94. The zero-order chi connectivity index (χ0) is 19.2. The van der Waals surface area contributed by atoms with E-state index >= 15 is 0 Å². The molecule has 28 heavy (non-hydrogen) atoms. The summed E-state index contributed by atoms with van der Waals surface area (Å²) in [6.07, 6.45) is 2.94. The van der Waals surface area contributed by atoms with Gasteiger partial charge in [0.2, 0.25) is 6.10 Å². The van der Waals surface area contributed by atoms with E-state index in [-0.39, 0.29) is 12.5 Å². The molecule has 6 heteroatoms. The van der Waals surface area contributed by atoms with Crippen molar-refractivity contribution in [2.75, 3.05) is 13.2 Å². The molecular formula is C22H22N2O3S. The van der Waals surface area contributed by atoms with Crippen LogP contribution >= 0.6 is 11.3 Å². The van der Waals surface area contributed by atoms with E-state index in [0.29, 0.717) is 24.6 Å². The first kappa shape index (κ1) is 18.5. The number of aryl methyl sites for hydroxylation is 1. The number of aromatic nitrogens is 1. The average molecular weight is 394 g/mol. The molecule has 1 atom stereocenters. The molecule has 1 aliphatic heterocycles. The molecule has 0 radical (unpaired) electrons. The lowest BCUT2D eigenvalue weighted by molar-refractivity contribution is -0.142. The van der Waals surface area contributed by atoms with Crippen molar-refractivity contribution in [3.63, 3.8) is 0 Å². The molecule has 0 saturated heterocycles. The van der Waals surface area contributed by atoms with Crippen LogP contribution in [-0.4, -0.2) is 35.0 Å². The standard InChI is InChI=1S/C22H22N2O3S/c25-22(20-16-26-18-10-4-5-11-19(18)27-20)24(15-21-23-12-14-28-21)13-6-9-17-7-2-1-3-8-17/h1-5,7-8,10-12,14,20H,6,9,13,15-16H2/t20-/m0/s1. The van der Waals surface area contributed by atoms with Crippen molar-refractivity contribution in [3.8, 4) is 11.5 Å². The van der Waals surface area contributed by atoms with E-state index in [1.165, 1.54) is 5.56 Å². The molecule has 144 valence electrons. The summed E-state index contributed by atoms with van der Waals surface area (Å²) >= 11 is 1.56. The van der Waals surface area contributed by atoms with Gasteiger partial charge in [-0.2, -0.15) is 0 Å². The van der Waals surface area contributed by atoms with Gasteiger partial charge in [0, 0.05) is 18.1 Å². The van der Waals surface area contributed by atoms with Crippen LogP contribution in [0.15, 0.2) is 66.2 Å². The van der Waals surface area contributed by atoms with Crippen LogP contribution in [0.1, 0.15) is 17.0 Å². The number of amides is 1. The zero-order valence-corrected chi connectivity index (χ0v) is 16.3. The van der Waals surface area contributed by atoms with Gasteiger partial charge in [-0.3, -0.25) is 4.79 Å². The highest BCUT2D eigenvalue weighted by Crippen LogP contribution is 2.31. The number of carbonyl (C=O) groups excluding carboxylic acids is 1. The Morgan fingerprint density at radius 1 is 1.11 bits per heavy atom. The first-order valence-corrected chi connectivity index (χ1v) is 10.3. The molecule has 0 fully saturated rings. The monoisotopic (exact) mass is 394 g/mol. The van der Waals surface area contributed by atoms with Gasteiger partial charge in [0.25, 0.3) is 5.91 Å². The Labute approximate surface area is 168 Å². The van der Waals surface area contributed by atoms with E-state index in [0.717, 1.165) is 17.8 Å². The summed E-state index contributed by atoms with van der Waals surface area (Å²) in [6, 6.07) is 17.8. The molecule has 3 aromatic rings. The maximum Gasteiger partial charge on any atom is 0.267 e. The summed E-state index contributed by atoms with van der Waals surface area (Å²) in [5, 5.41) is 2.85. The highest BCUT2D eigenvalue weighted by Gasteiger charge is 2.31. The van der Waals surface area contributed by atoms with Crippen molar-refractivity contribution in [1.29, 1.82) is 0 Å². The van der Waals surface area contributed by atoms with E-state index in [2.05, 4.69) is 17.1 Å². The first-order valence-electron chi connectivity index (χ1n) is 9.39. The summed E-state index contributed by atoms with van der Waals surface area (Å²) in [4.78, 5) is 19.3. The number of para-hydroxylation sites is 2. The third kappa shape index (κ3) is 4.51. The van der Waals surface area contributed by atoms with Gasteiger partial charge in [-0.15, -0.1) is 11.3 Å². The van der Waals surface area contributed by atoms with Crippen molar-refractivity contribution < 1.29 is 14.3 Å². The minimum atomic E-state index is -0.633. The maximum atomic E-state index is 13.2.